The topological polar surface area (TPSA) is 46.8 Å². The molecule has 0 saturated carbocycles. The van der Waals surface area contributed by atoms with Crippen LogP contribution in [0, 0.1) is 5.92 Å². The molecule has 0 N–H and O–H groups in total. The molecule has 5 nitrogen and oxygen atoms in total. The van der Waals surface area contributed by atoms with Crippen LogP contribution in [-0.4, -0.2) is 33.3 Å². The van der Waals surface area contributed by atoms with Crippen LogP contribution >= 0.6 is 0 Å². The van der Waals surface area contributed by atoms with E-state index in [1.165, 1.54) is 5.56 Å². The molecule has 2 aromatic carbocycles. The van der Waals surface area contributed by atoms with E-state index < -0.39 is 0 Å². The van der Waals surface area contributed by atoms with Gasteiger partial charge in [-0.05, 0) is 67.1 Å². The van der Waals surface area contributed by atoms with Gasteiger partial charge in [-0.25, -0.2) is 4.98 Å². The van der Waals surface area contributed by atoms with Crippen molar-refractivity contribution in [3.63, 3.8) is 0 Å². The van der Waals surface area contributed by atoms with Crippen molar-refractivity contribution in [2.45, 2.75) is 25.9 Å². The number of aromatic nitrogens is 2. The first-order valence-corrected chi connectivity index (χ1v) is 11.2. The van der Waals surface area contributed by atoms with Gasteiger partial charge < -0.3 is 14.0 Å². The zero-order valence-corrected chi connectivity index (χ0v) is 18.1. The molecule has 0 aliphatic carbocycles. The average Bonchev–Trinajstić information content (AvgIpc) is 3.27. The van der Waals surface area contributed by atoms with Gasteiger partial charge in [0.25, 0.3) is 5.91 Å². The molecule has 0 atom stereocenters. The van der Waals surface area contributed by atoms with E-state index in [-0.39, 0.29) is 5.91 Å². The fourth-order valence-electron chi connectivity index (χ4n) is 4.38. The Morgan fingerprint density at radius 3 is 2.44 bits per heavy atom. The van der Waals surface area contributed by atoms with Gasteiger partial charge in [0, 0.05) is 31.0 Å². The number of likely N-dealkylation sites (tertiary alicyclic amines) is 1. The van der Waals surface area contributed by atoms with Crippen molar-refractivity contribution in [1.29, 1.82) is 0 Å². The Bertz CT molecular complexity index is 1140. The minimum atomic E-state index is 0.107. The summed E-state index contributed by atoms with van der Waals surface area (Å²) in [6, 6.07) is 24.0. The minimum absolute atomic E-state index is 0.107. The summed E-state index contributed by atoms with van der Waals surface area (Å²) in [4.78, 5) is 19.5. The Morgan fingerprint density at radius 1 is 0.938 bits per heavy atom. The number of carbonyl (C=O) groups is 1. The third kappa shape index (κ3) is 4.67. The highest BCUT2D eigenvalue weighted by atomic mass is 16.5. The van der Waals surface area contributed by atoms with Crippen molar-refractivity contribution >= 4 is 11.6 Å². The van der Waals surface area contributed by atoms with Gasteiger partial charge in [0.1, 0.15) is 18.0 Å². The van der Waals surface area contributed by atoms with E-state index in [9.17, 15) is 4.79 Å². The fourth-order valence-corrected chi connectivity index (χ4v) is 4.38. The van der Waals surface area contributed by atoms with Gasteiger partial charge in [-0.1, -0.05) is 36.4 Å². The van der Waals surface area contributed by atoms with E-state index in [0.717, 1.165) is 49.4 Å². The predicted molar refractivity (Wildman–Crippen MR) is 125 cm³/mol. The summed E-state index contributed by atoms with van der Waals surface area (Å²) >= 11 is 0. The fraction of sp³-hybridized carbons (Fsp3) is 0.259. The zero-order valence-electron chi connectivity index (χ0n) is 18.1. The molecule has 32 heavy (non-hydrogen) atoms. The maximum atomic E-state index is 12.9. The van der Waals surface area contributed by atoms with Gasteiger partial charge in [0.2, 0.25) is 0 Å². The number of nitrogens with zero attached hydrogens (tertiary/aromatic N) is 3. The molecule has 0 radical (unpaired) electrons. The standard InChI is InChI=1S/C27H27N3O2/c31-27(29-16-13-22(14-17-29)18-21-6-2-1-3-7-21)23-9-11-25(12-10-23)32-20-24-19-30-15-5-4-8-26(30)28-24/h1-12,15,19,22H,13-14,16-18,20H2. The largest absolute Gasteiger partial charge is 0.487 e. The van der Waals surface area contributed by atoms with Crippen molar-refractivity contribution < 1.29 is 9.53 Å². The highest BCUT2D eigenvalue weighted by molar-refractivity contribution is 5.94. The Kier molecular flexibility index (Phi) is 5.88. The zero-order chi connectivity index (χ0) is 21.8. The molecule has 1 aliphatic rings. The number of fused-ring (bicyclic) bond motifs is 1. The van der Waals surface area contributed by atoms with E-state index in [2.05, 4.69) is 35.3 Å². The maximum Gasteiger partial charge on any atom is 0.253 e. The first-order valence-electron chi connectivity index (χ1n) is 11.2. The number of pyridine rings is 1. The van der Waals surface area contributed by atoms with Crippen LogP contribution in [0.3, 0.4) is 0 Å². The lowest BCUT2D eigenvalue weighted by Crippen LogP contribution is -2.38. The Labute approximate surface area is 188 Å². The highest BCUT2D eigenvalue weighted by Gasteiger charge is 2.23. The van der Waals surface area contributed by atoms with E-state index in [4.69, 9.17) is 4.74 Å². The number of ether oxygens (including phenoxy) is 1. The molecule has 2 aromatic heterocycles. The Balaban J connectivity index is 1.13. The van der Waals surface area contributed by atoms with E-state index in [1.807, 2.05) is 64.2 Å². The van der Waals surface area contributed by atoms with Crippen molar-refractivity contribution in [3.8, 4) is 5.75 Å². The van der Waals surface area contributed by atoms with E-state index in [1.54, 1.807) is 0 Å². The minimum Gasteiger partial charge on any atom is -0.487 e. The lowest BCUT2D eigenvalue weighted by Gasteiger charge is -2.32. The number of piperidine rings is 1. The molecule has 1 fully saturated rings. The highest BCUT2D eigenvalue weighted by Crippen LogP contribution is 2.23. The molecule has 162 valence electrons. The monoisotopic (exact) mass is 425 g/mol. The molecule has 3 heterocycles. The summed E-state index contributed by atoms with van der Waals surface area (Å²) < 4.78 is 7.85. The summed E-state index contributed by atoms with van der Waals surface area (Å²) in [6.07, 6.45) is 7.15. The predicted octanol–water partition coefficient (Wildman–Crippen LogP) is 5.01. The molecule has 0 unspecified atom stereocenters. The molecular formula is C27H27N3O2. The molecule has 5 heteroatoms. The number of rotatable bonds is 6. The first kappa shape index (κ1) is 20.3. The second-order valence-electron chi connectivity index (χ2n) is 8.44. The SMILES string of the molecule is O=C(c1ccc(OCc2cn3ccccc3n2)cc1)N1CCC(Cc2ccccc2)CC1. The van der Waals surface area contributed by atoms with Crippen molar-refractivity contribution in [2.75, 3.05) is 13.1 Å². The first-order chi connectivity index (χ1) is 15.7. The van der Waals surface area contributed by atoms with Crippen molar-refractivity contribution in [1.82, 2.24) is 14.3 Å². The third-order valence-corrected chi connectivity index (χ3v) is 6.17. The average molecular weight is 426 g/mol. The summed E-state index contributed by atoms with van der Waals surface area (Å²) in [6.45, 7) is 2.04. The summed E-state index contributed by atoms with van der Waals surface area (Å²) in [5.41, 5.74) is 3.87. The lowest BCUT2D eigenvalue weighted by molar-refractivity contribution is 0.0690. The third-order valence-electron chi connectivity index (χ3n) is 6.17. The van der Waals surface area contributed by atoms with Crippen molar-refractivity contribution in [3.05, 3.63) is 102 Å². The van der Waals surface area contributed by atoms with Crippen LogP contribution in [0.25, 0.3) is 5.65 Å². The quantitative estimate of drug-likeness (QED) is 0.436. The van der Waals surface area contributed by atoms with Gasteiger partial charge in [-0.15, -0.1) is 0 Å². The van der Waals surface area contributed by atoms with Gasteiger partial charge in [-0.2, -0.15) is 0 Å². The molecule has 1 saturated heterocycles. The van der Waals surface area contributed by atoms with Crippen LogP contribution in [-0.2, 0) is 13.0 Å². The maximum absolute atomic E-state index is 12.9. The molecular weight excluding hydrogens is 398 g/mol. The van der Waals surface area contributed by atoms with Crippen molar-refractivity contribution in [2.24, 2.45) is 5.92 Å². The number of imidazole rings is 1. The summed E-state index contributed by atoms with van der Waals surface area (Å²) in [5, 5.41) is 0. The van der Waals surface area contributed by atoms with E-state index in [0.29, 0.717) is 18.1 Å². The smallest absolute Gasteiger partial charge is 0.253 e. The lowest BCUT2D eigenvalue weighted by atomic mass is 9.90. The second kappa shape index (κ2) is 9.27. The number of hydrogen-bond donors (Lipinski definition) is 0. The number of carbonyl (C=O) groups excluding carboxylic acids is 1. The summed E-state index contributed by atoms with van der Waals surface area (Å²) in [7, 11) is 0. The van der Waals surface area contributed by atoms with Gasteiger partial charge >= 0.3 is 0 Å². The number of benzene rings is 2. The molecule has 4 aromatic rings. The van der Waals surface area contributed by atoms with Crippen LogP contribution in [0.4, 0.5) is 0 Å². The van der Waals surface area contributed by atoms with E-state index >= 15 is 0 Å². The van der Waals surface area contributed by atoms with Crippen LogP contribution < -0.4 is 4.74 Å². The molecule has 1 aliphatic heterocycles. The summed E-state index contributed by atoms with van der Waals surface area (Å²) in [5.74, 6) is 1.49. The van der Waals surface area contributed by atoms with Crippen LogP contribution in [0.5, 0.6) is 5.75 Å². The Morgan fingerprint density at radius 2 is 1.69 bits per heavy atom. The Hall–Kier alpha value is -3.60. The van der Waals surface area contributed by atoms with Crippen LogP contribution in [0.15, 0.2) is 85.2 Å². The molecule has 1 amide bonds. The molecule has 5 rings (SSSR count). The van der Waals surface area contributed by atoms with Crippen LogP contribution in [0.1, 0.15) is 34.5 Å². The number of amides is 1. The molecule has 0 spiro atoms. The number of hydrogen-bond acceptors (Lipinski definition) is 3. The van der Waals surface area contributed by atoms with Gasteiger partial charge in [-0.3, -0.25) is 4.79 Å². The normalized spacial score (nSPS) is 14.6. The van der Waals surface area contributed by atoms with Gasteiger partial charge in [0.15, 0.2) is 0 Å². The van der Waals surface area contributed by atoms with Crippen LogP contribution in [0.2, 0.25) is 0 Å². The molecule has 0 bridgehead atoms. The second-order valence-corrected chi connectivity index (χ2v) is 8.44. The van der Waals surface area contributed by atoms with Gasteiger partial charge in [0.05, 0.1) is 5.69 Å².